The minimum Gasteiger partial charge on any atom is -0.493 e. The van der Waals surface area contributed by atoms with E-state index < -0.39 is 0 Å². The Morgan fingerprint density at radius 2 is 1.52 bits per heavy atom. The molecule has 0 bridgehead atoms. The van der Waals surface area contributed by atoms with Crippen LogP contribution in [-0.2, 0) is 11.2 Å². The van der Waals surface area contributed by atoms with E-state index in [9.17, 15) is 4.79 Å². The van der Waals surface area contributed by atoms with Gasteiger partial charge in [-0.25, -0.2) is 0 Å². The molecule has 0 saturated carbocycles. The maximum Gasteiger partial charge on any atom is 0.260 e. The Bertz CT molecular complexity index is 801. The van der Waals surface area contributed by atoms with Gasteiger partial charge in [-0.15, -0.1) is 12.4 Å². The van der Waals surface area contributed by atoms with E-state index in [1.165, 1.54) is 5.56 Å². The van der Waals surface area contributed by atoms with E-state index >= 15 is 0 Å². The number of hydrogen-bond donors (Lipinski definition) is 0. The standard InChI is InChI=1S/C23H30N2O5.ClH/c1-27-20-15-19(16-21(28-2)23(20)29-3)30-17-22(26)25-13-11-24(12-14-25)10-9-18-7-5-4-6-8-18;/h4-8,15-16H,9-14,17H2,1-3H3;1H. The SMILES string of the molecule is COc1cc(OCC(=O)N2CCN(CCc3ccccc3)CC2)cc(OC)c1OC.Cl. The van der Waals surface area contributed by atoms with Crippen LogP contribution in [0.3, 0.4) is 0 Å². The fourth-order valence-electron chi connectivity index (χ4n) is 3.53. The lowest BCUT2D eigenvalue weighted by atomic mass is 10.1. The fraction of sp³-hybridized carbons (Fsp3) is 0.435. The van der Waals surface area contributed by atoms with Gasteiger partial charge in [0.1, 0.15) is 5.75 Å². The van der Waals surface area contributed by atoms with E-state index in [-0.39, 0.29) is 24.9 Å². The minimum absolute atomic E-state index is 0. The molecule has 1 heterocycles. The molecular weight excluding hydrogens is 420 g/mol. The summed E-state index contributed by atoms with van der Waals surface area (Å²) in [5.41, 5.74) is 1.34. The number of halogens is 1. The van der Waals surface area contributed by atoms with Crippen LogP contribution in [0.4, 0.5) is 0 Å². The molecule has 0 spiro atoms. The van der Waals surface area contributed by atoms with Crippen molar-refractivity contribution in [3.63, 3.8) is 0 Å². The van der Waals surface area contributed by atoms with Crippen LogP contribution in [0.5, 0.6) is 23.0 Å². The van der Waals surface area contributed by atoms with Gasteiger partial charge in [-0.2, -0.15) is 0 Å². The Balaban J connectivity index is 0.00000341. The molecule has 1 fully saturated rings. The van der Waals surface area contributed by atoms with Gasteiger partial charge >= 0.3 is 0 Å². The molecule has 170 valence electrons. The molecule has 31 heavy (non-hydrogen) atoms. The third kappa shape index (κ3) is 6.67. The van der Waals surface area contributed by atoms with Gasteiger partial charge in [0.05, 0.1) is 21.3 Å². The first kappa shape index (κ1) is 24.6. The van der Waals surface area contributed by atoms with Crippen molar-refractivity contribution in [3.8, 4) is 23.0 Å². The Kier molecular flexibility index (Phi) is 9.75. The van der Waals surface area contributed by atoms with Crippen LogP contribution in [0.2, 0.25) is 0 Å². The first-order chi connectivity index (χ1) is 14.6. The highest BCUT2D eigenvalue weighted by Gasteiger charge is 2.22. The molecule has 1 aliphatic heterocycles. The zero-order chi connectivity index (χ0) is 21.3. The third-order valence-electron chi connectivity index (χ3n) is 5.29. The quantitative estimate of drug-likeness (QED) is 0.585. The second kappa shape index (κ2) is 12.3. The van der Waals surface area contributed by atoms with E-state index in [4.69, 9.17) is 18.9 Å². The number of amides is 1. The molecule has 0 radical (unpaired) electrons. The molecule has 0 aliphatic carbocycles. The maximum atomic E-state index is 12.6. The van der Waals surface area contributed by atoms with E-state index in [0.29, 0.717) is 36.1 Å². The lowest BCUT2D eigenvalue weighted by molar-refractivity contribution is -0.135. The molecule has 0 unspecified atom stereocenters. The first-order valence-corrected chi connectivity index (χ1v) is 10.1. The fourth-order valence-corrected chi connectivity index (χ4v) is 3.53. The number of rotatable bonds is 9. The predicted molar refractivity (Wildman–Crippen MR) is 122 cm³/mol. The number of methoxy groups -OCH3 is 3. The van der Waals surface area contributed by atoms with Gasteiger partial charge in [0.2, 0.25) is 5.75 Å². The number of benzene rings is 2. The highest BCUT2D eigenvalue weighted by Crippen LogP contribution is 2.40. The lowest BCUT2D eigenvalue weighted by Gasteiger charge is -2.34. The molecule has 0 atom stereocenters. The summed E-state index contributed by atoms with van der Waals surface area (Å²) < 4.78 is 21.7. The van der Waals surface area contributed by atoms with Crippen molar-refractivity contribution >= 4 is 18.3 Å². The number of carbonyl (C=O) groups is 1. The molecule has 2 aromatic rings. The smallest absolute Gasteiger partial charge is 0.260 e. The van der Waals surface area contributed by atoms with E-state index in [1.807, 2.05) is 11.0 Å². The molecule has 0 aromatic heterocycles. The lowest BCUT2D eigenvalue weighted by Crippen LogP contribution is -2.50. The van der Waals surface area contributed by atoms with Crippen molar-refractivity contribution in [2.24, 2.45) is 0 Å². The molecule has 1 saturated heterocycles. The van der Waals surface area contributed by atoms with Crippen molar-refractivity contribution in [2.75, 3.05) is 60.7 Å². The first-order valence-electron chi connectivity index (χ1n) is 10.1. The third-order valence-corrected chi connectivity index (χ3v) is 5.29. The molecule has 1 amide bonds. The Hall–Kier alpha value is -2.64. The van der Waals surface area contributed by atoms with E-state index in [0.717, 1.165) is 26.1 Å². The molecule has 0 N–H and O–H groups in total. The van der Waals surface area contributed by atoms with Gasteiger partial charge in [0, 0.05) is 44.9 Å². The monoisotopic (exact) mass is 450 g/mol. The second-order valence-corrected chi connectivity index (χ2v) is 7.11. The average Bonchev–Trinajstić information content (AvgIpc) is 2.81. The van der Waals surface area contributed by atoms with Crippen molar-refractivity contribution in [1.29, 1.82) is 0 Å². The molecular formula is C23H31ClN2O5. The van der Waals surface area contributed by atoms with Crippen LogP contribution in [0.25, 0.3) is 0 Å². The topological polar surface area (TPSA) is 60.5 Å². The molecule has 7 nitrogen and oxygen atoms in total. The number of carbonyl (C=O) groups excluding carboxylic acids is 1. The molecule has 2 aromatic carbocycles. The van der Waals surface area contributed by atoms with Crippen LogP contribution in [0.1, 0.15) is 5.56 Å². The zero-order valence-electron chi connectivity index (χ0n) is 18.3. The summed E-state index contributed by atoms with van der Waals surface area (Å²) >= 11 is 0. The Morgan fingerprint density at radius 3 is 2.06 bits per heavy atom. The summed E-state index contributed by atoms with van der Waals surface area (Å²) in [5.74, 6) is 1.95. The van der Waals surface area contributed by atoms with Gasteiger partial charge in [-0.3, -0.25) is 9.69 Å². The highest BCUT2D eigenvalue weighted by molar-refractivity contribution is 5.85. The Morgan fingerprint density at radius 1 is 0.903 bits per heavy atom. The largest absolute Gasteiger partial charge is 0.493 e. The van der Waals surface area contributed by atoms with Crippen LogP contribution in [-0.4, -0.2) is 76.4 Å². The van der Waals surface area contributed by atoms with E-state index in [1.54, 1.807) is 33.5 Å². The molecule has 3 rings (SSSR count). The van der Waals surface area contributed by atoms with Gasteiger partial charge in [-0.1, -0.05) is 30.3 Å². The van der Waals surface area contributed by atoms with Crippen LogP contribution in [0, 0.1) is 0 Å². The molecule has 8 heteroatoms. The second-order valence-electron chi connectivity index (χ2n) is 7.11. The number of piperazine rings is 1. The summed E-state index contributed by atoms with van der Waals surface area (Å²) in [6, 6.07) is 13.9. The summed E-state index contributed by atoms with van der Waals surface area (Å²) in [7, 11) is 4.64. The molecule has 1 aliphatic rings. The minimum atomic E-state index is -0.0251. The summed E-state index contributed by atoms with van der Waals surface area (Å²) in [5, 5.41) is 0. The summed E-state index contributed by atoms with van der Waals surface area (Å²) in [4.78, 5) is 16.8. The zero-order valence-corrected chi connectivity index (χ0v) is 19.2. The average molecular weight is 451 g/mol. The van der Waals surface area contributed by atoms with Gasteiger partial charge < -0.3 is 23.8 Å². The van der Waals surface area contributed by atoms with Crippen molar-refractivity contribution in [3.05, 3.63) is 48.0 Å². The summed E-state index contributed by atoms with van der Waals surface area (Å²) in [6.45, 7) is 4.17. The summed E-state index contributed by atoms with van der Waals surface area (Å²) in [6.07, 6.45) is 1.03. The Labute approximate surface area is 190 Å². The van der Waals surface area contributed by atoms with Crippen LogP contribution >= 0.6 is 12.4 Å². The van der Waals surface area contributed by atoms with Crippen molar-refractivity contribution in [2.45, 2.75) is 6.42 Å². The van der Waals surface area contributed by atoms with Crippen LogP contribution in [0.15, 0.2) is 42.5 Å². The van der Waals surface area contributed by atoms with Gasteiger partial charge in [-0.05, 0) is 12.0 Å². The number of ether oxygens (including phenoxy) is 4. The van der Waals surface area contributed by atoms with Crippen molar-refractivity contribution in [1.82, 2.24) is 9.80 Å². The normalized spacial score (nSPS) is 13.8. The van der Waals surface area contributed by atoms with Crippen molar-refractivity contribution < 1.29 is 23.7 Å². The number of nitrogens with zero attached hydrogens (tertiary/aromatic N) is 2. The van der Waals surface area contributed by atoms with Gasteiger partial charge in [0.15, 0.2) is 18.1 Å². The predicted octanol–water partition coefficient (Wildman–Crippen LogP) is 2.90. The van der Waals surface area contributed by atoms with E-state index in [2.05, 4.69) is 29.2 Å². The highest BCUT2D eigenvalue weighted by atomic mass is 35.5. The maximum absolute atomic E-state index is 12.6. The number of hydrogen-bond acceptors (Lipinski definition) is 6. The van der Waals surface area contributed by atoms with Gasteiger partial charge in [0.25, 0.3) is 5.91 Å². The van der Waals surface area contributed by atoms with Crippen LogP contribution < -0.4 is 18.9 Å².